The van der Waals surface area contributed by atoms with Gasteiger partial charge in [0, 0.05) is 5.56 Å². The van der Waals surface area contributed by atoms with Crippen LogP contribution in [0.3, 0.4) is 0 Å². The minimum Gasteiger partial charge on any atom is -0.404 e. The van der Waals surface area contributed by atoms with Gasteiger partial charge >= 0.3 is 7.12 Å². The predicted molar refractivity (Wildman–Crippen MR) is 127 cm³/mol. The van der Waals surface area contributed by atoms with Crippen LogP contribution in [-0.4, -0.2) is 65.0 Å². The fraction of sp³-hybridized carbons (Fsp3) is 0.391. The quantitative estimate of drug-likeness (QED) is 0.221. The minimum atomic E-state index is -3.89. The molecular formula is C23H26BClO8S. The van der Waals surface area contributed by atoms with Crippen molar-refractivity contribution in [3.63, 3.8) is 0 Å². The average Bonchev–Trinajstić information content (AvgIpc) is 2.89. The Hall–Kier alpha value is -1.76. The van der Waals surface area contributed by atoms with Crippen molar-refractivity contribution in [2.75, 3.05) is 25.0 Å². The van der Waals surface area contributed by atoms with Crippen LogP contribution in [0, 0.1) is 0 Å². The molecule has 0 unspecified atom stereocenters. The maximum Gasteiger partial charge on any atom is 0.494 e. The molecule has 0 saturated carbocycles. The Morgan fingerprint density at radius 2 is 1.76 bits per heavy atom. The second-order valence-electron chi connectivity index (χ2n) is 7.83. The molecule has 0 radical (unpaired) electrons. The Kier molecular flexibility index (Phi) is 8.78. The van der Waals surface area contributed by atoms with Crippen molar-refractivity contribution in [2.45, 2.75) is 30.7 Å². The summed E-state index contributed by atoms with van der Waals surface area (Å²) >= 11 is 5.48. The number of alkyl halides is 1. The Morgan fingerprint density at radius 3 is 2.44 bits per heavy atom. The van der Waals surface area contributed by atoms with Gasteiger partial charge in [-0.25, -0.2) is 0 Å². The Morgan fingerprint density at radius 1 is 1.06 bits per heavy atom. The maximum atomic E-state index is 11.8. The van der Waals surface area contributed by atoms with E-state index in [2.05, 4.69) is 6.58 Å². The molecule has 0 amide bonds. The Bertz CT molecular complexity index is 1030. The van der Waals surface area contributed by atoms with E-state index in [9.17, 15) is 8.42 Å². The molecule has 2 heterocycles. The first-order valence-corrected chi connectivity index (χ1v) is 13.0. The highest BCUT2D eigenvalue weighted by atomic mass is 35.5. The van der Waals surface area contributed by atoms with Crippen LogP contribution >= 0.6 is 11.6 Å². The number of halogens is 1. The van der Waals surface area contributed by atoms with E-state index in [-0.39, 0.29) is 19.8 Å². The first-order valence-electron chi connectivity index (χ1n) is 10.8. The molecular weight excluding hydrogens is 483 g/mol. The first-order chi connectivity index (χ1) is 16.5. The highest BCUT2D eigenvalue weighted by Crippen LogP contribution is 2.30. The molecule has 8 nitrogen and oxygen atoms in total. The fourth-order valence-corrected chi connectivity index (χ4v) is 4.31. The lowest BCUT2D eigenvalue weighted by Gasteiger charge is -2.41. The lowest BCUT2D eigenvalue weighted by molar-refractivity contribution is -0.283. The molecule has 4 rings (SSSR count). The highest BCUT2D eigenvalue weighted by Gasteiger charge is 2.41. The molecule has 0 N–H and O–H groups in total. The van der Waals surface area contributed by atoms with Crippen molar-refractivity contribution >= 4 is 34.3 Å². The largest absolute Gasteiger partial charge is 0.494 e. The van der Waals surface area contributed by atoms with E-state index in [0.717, 1.165) is 11.0 Å². The number of hydrogen-bond donors (Lipinski definition) is 0. The zero-order valence-corrected chi connectivity index (χ0v) is 20.0. The van der Waals surface area contributed by atoms with E-state index in [4.69, 9.17) is 39.3 Å². The number of ether oxygens (including phenoxy) is 3. The lowest BCUT2D eigenvalue weighted by Crippen LogP contribution is -2.55. The number of rotatable bonds is 9. The number of hydrogen-bond acceptors (Lipinski definition) is 8. The third-order valence-corrected chi connectivity index (χ3v) is 7.02. The highest BCUT2D eigenvalue weighted by molar-refractivity contribution is 7.87. The summed E-state index contributed by atoms with van der Waals surface area (Å²) in [6.07, 6.45) is -1.38. The van der Waals surface area contributed by atoms with Gasteiger partial charge in [-0.3, -0.25) is 4.18 Å². The molecule has 2 aliphatic rings. The van der Waals surface area contributed by atoms with E-state index in [0.29, 0.717) is 0 Å². The van der Waals surface area contributed by atoms with Crippen molar-refractivity contribution in [3.8, 4) is 0 Å². The molecule has 0 aliphatic carbocycles. The zero-order valence-electron chi connectivity index (χ0n) is 18.4. The molecule has 2 aromatic carbocycles. The van der Waals surface area contributed by atoms with Gasteiger partial charge in [0.15, 0.2) is 6.29 Å². The standard InChI is InChI=1S/C23H26BClO8S/c1-2-19-21(14-29-24(33-19)18-11-7-4-8-12-18)31-20-13-28-23(17-9-5-3-6-10-17)32-22(20)15-30-34(26,27)16-25/h2-12,19-23H,1,13-16H2/t19-,20-,21+,22+,23-/m1/s1. The fourth-order valence-electron chi connectivity index (χ4n) is 3.72. The maximum absolute atomic E-state index is 11.8. The van der Waals surface area contributed by atoms with Crippen LogP contribution in [-0.2, 0) is 37.8 Å². The van der Waals surface area contributed by atoms with Crippen LogP contribution in [0.4, 0.5) is 0 Å². The second-order valence-corrected chi connectivity index (χ2v) is 10.1. The minimum absolute atomic E-state index is 0.150. The predicted octanol–water partition coefficient (Wildman–Crippen LogP) is 2.39. The van der Waals surface area contributed by atoms with Crippen LogP contribution in [0.5, 0.6) is 0 Å². The van der Waals surface area contributed by atoms with E-state index in [1.54, 1.807) is 6.08 Å². The van der Waals surface area contributed by atoms with Gasteiger partial charge in [0.1, 0.15) is 23.5 Å². The topological polar surface area (TPSA) is 89.5 Å². The van der Waals surface area contributed by atoms with E-state index in [1.807, 2.05) is 60.7 Å². The molecule has 0 aromatic heterocycles. The molecule has 0 bridgehead atoms. The van der Waals surface area contributed by atoms with Crippen molar-refractivity contribution in [1.82, 2.24) is 0 Å². The molecule has 2 fully saturated rings. The molecule has 34 heavy (non-hydrogen) atoms. The van der Waals surface area contributed by atoms with Crippen molar-refractivity contribution < 1.29 is 36.1 Å². The van der Waals surface area contributed by atoms with Crippen LogP contribution in [0.2, 0.25) is 0 Å². The van der Waals surface area contributed by atoms with Gasteiger partial charge in [0.05, 0.1) is 25.9 Å². The summed E-state index contributed by atoms with van der Waals surface area (Å²) < 4.78 is 58.8. The van der Waals surface area contributed by atoms with E-state index in [1.165, 1.54) is 0 Å². The molecule has 0 spiro atoms. The summed E-state index contributed by atoms with van der Waals surface area (Å²) in [6.45, 7) is 3.98. The zero-order chi connectivity index (χ0) is 24.0. The van der Waals surface area contributed by atoms with Gasteiger partial charge in [-0.05, 0) is 5.46 Å². The molecule has 2 saturated heterocycles. The summed E-state index contributed by atoms with van der Waals surface area (Å²) in [7, 11) is -4.43. The van der Waals surface area contributed by atoms with Gasteiger partial charge in [0.25, 0.3) is 10.1 Å². The summed E-state index contributed by atoms with van der Waals surface area (Å²) in [5.41, 5.74) is 1.69. The van der Waals surface area contributed by atoms with Gasteiger partial charge in [-0.1, -0.05) is 66.7 Å². The first kappa shape index (κ1) is 25.3. The van der Waals surface area contributed by atoms with Gasteiger partial charge in [-0.15, -0.1) is 18.2 Å². The van der Waals surface area contributed by atoms with Crippen LogP contribution in [0.25, 0.3) is 0 Å². The average molecular weight is 509 g/mol. The van der Waals surface area contributed by atoms with E-state index >= 15 is 0 Å². The molecule has 182 valence electrons. The van der Waals surface area contributed by atoms with Gasteiger partial charge in [-0.2, -0.15) is 8.42 Å². The van der Waals surface area contributed by atoms with Crippen molar-refractivity contribution in [2.24, 2.45) is 0 Å². The Labute approximate surface area is 205 Å². The molecule has 2 aliphatic heterocycles. The molecule has 2 aromatic rings. The van der Waals surface area contributed by atoms with Crippen molar-refractivity contribution in [1.29, 1.82) is 0 Å². The monoisotopic (exact) mass is 508 g/mol. The third kappa shape index (κ3) is 6.47. The van der Waals surface area contributed by atoms with Gasteiger partial charge < -0.3 is 23.5 Å². The van der Waals surface area contributed by atoms with Crippen LogP contribution in [0.1, 0.15) is 11.9 Å². The number of benzene rings is 2. The van der Waals surface area contributed by atoms with Crippen LogP contribution < -0.4 is 5.46 Å². The van der Waals surface area contributed by atoms with Gasteiger partial charge in [0.2, 0.25) is 0 Å². The summed E-state index contributed by atoms with van der Waals surface area (Å²) in [6, 6.07) is 18.9. The SMILES string of the molecule is C=C[C@H]1OB(c2ccccc2)OC[C@@H]1O[C@@H]1CO[C@@H](c2ccccc2)O[C@H]1COS(=O)(=O)CCl. The lowest BCUT2D eigenvalue weighted by atomic mass is 9.77. The molecule has 5 atom stereocenters. The summed E-state index contributed by atoms with van der Waals surface area (Å²) in [4.78, 5) is 0. The smallest absolute Gasteiger partial charge is 0.404 e. The summed E-state index contributed by atoms with van der Waals surface area (Å²) in [5.74, 6) is 0. The van der Waals surface area contributed by atoms with E-state index < -0.39 is 53.2 Å². The Balaban J connectivity index is 1.44. The van der Waals surface area contributed by atoms with Crippen molar-refractivity contribution in [3.05, 3.63) is 78.9 Å². The summed E-state index contributed by atoms with van der Waals surface area (Å²) in [5, 5.41) is -0.659. The third-order valence-electron chi connectivity index (χ3n) is 5.45. The second kappa shape index (κ2) is 11.8. The normalized spacial score (nSPS) is 27.9. The van der Waals surface area contributed by atoms with Crippen LogP contribution in [0.15, 0.2) is 73.3 Å². The molecule has 11 heteroatoms.